The standard InChI is InChI=1S/C13H9BrS/c14-9-4-3-6-11-10-5-1-2-7-12(10)15-13(11)8-9/h1-3,5-8H,4H2. The predicted molar refractivity (Wildman–Crippen MR) is 72.4 cm³/mol. The molecule has 74 valence electrons. The topological polar surface area (TPSA) is 0 Å². The van der Waals surface area contributed by atoms with E-state index in [1.54, 1.807) is 0 Å². The first-order chi connectivity index (χ1) is 7.34. The van der Waals surface area contributed by atoms with Crippen LogP contribution in [0.25, 0.3) is 22.2 Å². The predicted octanol–water partition coefficient (Wildman–Crippen LogP) is 5.05. The summed E-state index contributed by atoms with van der Waals surface area (Å²) in [5, 5.41) is 1.37. The van der Waals surface area contributed by atoms with Crippen LogP contribution in [0.15, 0.2) is 34.8 Å². The lowest BCUT2D eigenvalue weighted by atomic mass is 10.1. The zero-order valence-electron chi connectivity index (χ0n) is 8.03. The summed E-state index contributed by atoms with van der Waals surface area (Å²) in [7, 11) is 0. The number of thiophene rings is 1. The Bertz CT molecular complexity index is 575. The van der Waals surface area contributed by atoms with Crippen LogP contribution in [0.5, 0.6) is 0 Å². The van der Waals surface area contributed by atoms with E-state index in [9.17, 15) is 0 Å². The van der Waals surface area contributed by atoms with Gasteiger partial charge in [0, 0.05) is 25.0 Å². The molecule has 2 aromatic rings. The molecule has 0 saturated heterocycles. The number of hydrogen-bond donors (Lipinski definition) is 0. The zero-order chi connectivity index (χ0) is 10.3. The van der Waals surface area contributed by atoms with E-state index in [1.807, 2.05) is 11.3 Å². The second kappa shape index (κ2) is 3.62. The van der Waals surface area contributed by atoms with E-state index in [0.717, 1.165) is 6.42 Å². The molecule has 0 fully saturated rings. The Morgan fingerprint density at radius 1 is 1.20 bits per heavy atom. The Balaban J connectivity index is 2.38. The van der Waals surface area contributed by atoms with Gasteiger partial charge in [0.25, 0.3) is 0 Å². The average molecular weight is 277 g/mol. The van der Waals surface area contributed by atoms with Crippen LogP contribution in [0.3, 0.4) is 0 Å². The molecule has 15 heavy (non-hydrogen) atoms. The minimum Gasteiger partial charge on any atom is -0.135 e. The van der Waals surface area contributed by atoms with Crippen LogP contribution in [0, 0.1) is 0 Å². The molecule has 2 heteroatoms. The quantitative estimate of drug-likeness (QED) is 0.631. The highest BCUT2D eigenvalue weighted by molar-refractivity contribution is 9.11. The average Bonchev–Trinajstić information content (AvgIpc) is 2.46. The maximum atomic E-state index is 3.58. The smallest absolute Gasteiger partial charge is 0.0363 e. The molecule has 1 aromatic carbocycles. The fraction of sp³-hybridized carbons (Fsp3) is 0.0769. The highest BCUT2D eigenvalue weighted by Gasteiger charge is 2.09. The lowest BCUT2D eigenvalue weighted by molar-refractivity contribution is 1.41. The molecular weight excluding hydrogens is 268 g/mol. The Labute approximate surface area is 101 Å². The van der Waals surface area contributed by atoms with Gasteiger partial charge in [-0.1, -0.05) is 46.3 Å². The molecule has 1 aliphatic carbocycles. The van der Waals surface area contributed by atoms with Gasteiger partial charge in [0.05, 0.1) is 0 Å². The molecule has 0 nitrogen and oxygen atoms in total. The minimum atomic E-state index is 0.996. The summed E-state index contributed by atoms with van der Waals surface area (Å²) in [6, 6.07) is 8.58. The molecule has 1 aromatic heterocycles. The third kappa shape index (κ3) is 1.58. The van der Waals surface area contributed by atoms with Gasteiger partial charge in [0.15, 0.2) is 0 Å². The SMILES string of the molecule is BrC1=Cc2sc3ccccc3c2C=CC1. The summed E-state index contributed by atoms with van der Waals surface area (Å²) >= 11 is 5.44. The number of hydrogen-bond acceptors (Lipinski definition) is 1. The zero-order valence-corrected chi connectivity index (χ0v) is 10.4. The fourth-order valence-corrected chi connectivity index (χ4v) is 3.58. The largest absolute Gasteiger partial charge is 0.135 e. The number of halogens is 1. The lowest BCUT2D eigenvalue weighted by Gasteiger charge is -1.91. The summed E-state index contributed by atoms with van der Waals surface area (Å²) < 4.78 is 2.62. The van der Waals surface area contributed by atoms with Gasteiger partial charge < -0.3 is 0 Å². The summed E-state index contributed by atoms with van der Waals surface area (Å²) in [5.41, 5.74) is 1.37. The minimum absolute atomic E-state index is 0.996. The van der Waals surface area contributed by atoms with Crippen LogP contribution in [0.2, 0.25) is 0 Å². The summed E-state index contributed by atoms with van der Waals surface area (Å²) in [5.74, 6) is 0. The normalized spacial score (nSPS) is 14.9. The highest BCUT2D eigenvalue weighted by atomic mass is 79.9. The third-order valence-electron chi connectivity index (χ3n) is 2.55. The van der Waals surface area contributed by atoms with Crippen LogP contribution >= 0.6 is 27.3 Å². The number of allylic oxidation sites excluding steroid dienone is 2. The highest BCUT2D eigenvalue weighted by Crippen LogP contribution is 2.36. The van der Waals surface area contributed by atoms with Crippen LogP contribution in [-0.4, -0.2) is 0 Å². The van der Waals surface area contributed by atoms with E-state index in [0.29, 0.717) is 0 Å². The van der Waals surface area contributed by atoms with Crippen molar-refractivity contribution in [2.45, 2.75) is 6.42 Å². The van der Waals surface area contributed by atoms with Crippen molar-refractivity contribution in [1.29, 1.82) is 0 Å². The van der Waals surface area contributed by atoms with Crippen molar-refractivity contribution in [2.24, 2.45) is 0 Å². The van der Waals surface area contributed by atoms with Crippen molar-refractivity contribution in [3.8, 4) is 0 Å². The van der Waals surface area contributed by atoms with Crippen molar-refractivity contribution in [2.75, 3.05) is 0 Å². The molecule has 0 aliphatic heterocycles. The van der Waals surface area contributed by atoms with Crippen molar-refractivity contribution < 1.29 is 0 Å². The van der Waals surface area contributed by atoms with E-state index >= 15 is 0 Å². The Morgan fingerprint density at radius 3 is 3.00 bits per heavy atom. The monoisotopic (exact) mass is 276 g/mol. The summed E-state index contributed by atoms with van der Waals surface area (Å²) in [6.07, 6.45) is 7.68. The second-order valence-electron chi connectivity index (χ2n) is 3.57. The van der Waals surface area contributed by atoms with Crippen molar-refractivity contribution in [3.05, 3.63) is 45.3 Å². The molecular formula is C13H9BrS. The van der Waals surface area contributed by atoms with Gasteiger partial charge in [-0.25, -0.2) is 0 Å². The van der Waals surface area contributed by atoms with Crippen LogP contribution in [-0.2, 0) is 0 Å². The molecule has 3 rings (SSSR count). The number of rotatable bonds is 0. The molecule has 0 unspecified atom stereocenters. The van der Waals surface area contributed by atoms with E-state index in [-0.39, 0.29) is 0 Å². The Hall–Kier alpha value is -0.860. The van der Waals surface area contributed by atoms with Crippen LogP contribution in [0.1, 0.15) is 16.9 Å². The first-order valence-corrected chi connectivity index (χ1v) is 6.50. The van der Waals surface area contributed by atoms with Gasteiger partial charge in [-0.15, -0.1) is 11.3 Å². The first-order valence-electron chi connectivity index (χ1n) is 4.89. The molecule has 0 radical (unpaired) electrons. The molecule has 0 spiro atoms. The number of fused-ring (bicyclic) bond motifs is 3. The summed E-state index contributed by atoms with van der Waals surface area (Å²) in [4.78, 5) is 1.36. The third-order valence-corrected chi connectivity index (χ3v) is 4.23. The Kier molecular flexibility index (Phi) is 2.26. The molecule has 0 saturated carbocycles. The molecule has 0 bridgehead atoms. The molecule has 0 N–H and O–H groups in total. The molecule has 1 heterocycles. The second-order valence-corrected chi connectivity index (χ2v) is 5.68. The lowest BCUT2D eigenvalue weighted by Crippen LogP contribution is -1.70. The van der Waals surface area contributed by atoms with Crippen LogP contribution < -0.4 is 0 Å². The maximum Gasteiger partial charge on any atom is 0.0363 e. The molecule has 1 aliphatic rings. The van der Waals surface area contributed by atoms with Gasteiger partial charge in [-0.2, -0.15) is 0 Å². The summed E-state index contributed by atoms with van der Waals surface area (Å²) in [6.45, 7) is 0. The van der Waals surface area contributed by atoms with Crippen molar-refractivity contribution >= 4 is 49.5 Å². The van der Waals surface area contributed by atoms with Gasteiger partial charge in [-0.3, -0.25) is 0 Å². The molecule has 0 atom stereocenters. The van der Waals surface area contributed by atoms with E-state index in [2.05, 4.69) is 58.4 Å². The van der Waals surface area contributed by atoms with Gasteiger partial charge >= 0.3 is 0 Å². The molecule has 0 amide bonds. The fourth-order valence-electron chi connectivity index (χ4n) is 1.85. The van der Waals surface area contributed by atoms with Crippen molar-refractivity contribution in [3.63, 3.8) is 0 Å². The number of benzene rings is 1. The van der Waals surface area contributed by atoms with Gasteiger partial charge in [0.2, 0.25) is 0 Å². The van der Waals surface area contributed by atoms with Crippen molar-refractivity contribution in [1.82, 2.24) is 0 Å². The van der Waals surface area contributed by atoms with Crippen LogP contribution in [0.4, 0.5) is 0 Å². The maximum absolute atomic E-state index is 3.58. The van der Waals surface area contributed by atoms with Gasteiger partial charge in [-0.05, 0) is 18.6 Å². The van der Waals surface area contributed by atoms with E-state index in [1.165, 1.54) is 25.0 Å². The van der Waals surface area contributed by atoms with E-state index < -0.39 is 0 Å². The van der Waals surface area contributed by atoms with E-state index in [4.69, 9.17) is 0 Å². The Morgan fingerprint density at radius 2 is 2.07 bits per heavy atom. The first kappa shape index (κ1) is 9.37. The van der Waals surface area contributed by atoms with Gasteiger partial charge in [0.1, 0.15) is 0 Å².